The summed E-state index contributed by atoms with van der Waals surface area (Å²) in [6, 6.07) is 19.0. The zero-order valence-electron chi connectivity index (χ0n) is 17.9. The van der Waals surface area contributed by atoms with E-state index in [9.17, 15) is 9.18 Å². The second-order valence-corrected chi connectivity index (χ2v) is 8.38. The Morgan fingerprint density at radius 2 is 1.76 bits per heavy atom. The van der Waals surface area contributed by atoms with Crippen molar-refractivity contribution >= 4 is 46.2 Å². The Balaban J connectivity index is 1.69. The summed E-state index contributed by atoms with van der Waals surface area (Å²) in [5.74, 6) is 0.848. The normalized spacial score (nSPS) is 14.5. The van der Waals surface area contributed by atoms with E-state index in [-0.39, 0.29) is 17.4 Å². The molecule has 1 aliphatic rings. The molecule has 168 valence electrons. The number of aliphatic imine (C=N–C) groups is 1. The average molecular weight is 483 g/mol. The molecule has 33 heavy (non-hydrogen) atoms. The number of amides is 1. The molecule has 0 aromatic heterocycles. The molecule has 1 heterocycles. The van der Waals surface area contributed by atoms with Crippen LogP contribution in [0.2, 0.25) is 5.02 Å². The molecule has 0 N–H and O–H groups in total. The number of amidine groups is 1. The number of methoxy groups -OCH3 is 2. The fourth-order valence-electron chi connectivity index (χ4n) is 3.24. The molecule has 5 nitrogen and oxygen atoms in total. The summed E-state index contributed by atoms with van der Waals surface area (Å²) in [5, 5.41) is 0.752. The number of halogens is 2. The van der Waals surface area contributed by atoms with Crippen molar-refractivity contribution < 1.29 is 18.7 Å². The lowest BCUT2D eigenvalue weighted by molar-refractivity contribution is -0.113. The molecule has 0 atom stereocenters. The van der Waals surface area contributed by atoms with E-state index in [1.165, 1.54) is 22.7 Å². The van der Waals surface area contributed by atoms with Gasteiger partial charge in [-0.2, -0.15) is 0 Å². The third-order valence-electron chi connectivity index (χ3n) is 4.97. The SMILES string of the molecule is COc1ccc(C=C2N=C(SCc3c(F)cccc3Cl)N(c3cccc(OC)c3)C2=O)cc1. The number of rotatable bonds is 6. The van der Waals surface area contributed by atoms with Crippen LogP contribution in [0, 0.1) is 5.82 Å². The van der Waals surface area contributed by atoms with Crippen molar-refractivity contribution in [3.05, 3.63) is 94.4 Å². The first-order valence-corrected chi connectivity index (χ1v) is 11.3. The van der Waals surface area contributed by atoms with Crippen molar-refractivity contribution in [3.63, 3.8) is 0 Å². The van der Waals surface area contributed by atoms with Gasteiger partial charge >= 0.3 is 0 Å². The van der Waals surface area contributed by atoms with Gasteiger partial charge in [0.1, 0.15) is 23.0 Å². The van der Waals surface area contributed by atoms with Crippen LogP contribution in [0.1, 0.15) is 11.1 Å². The Kier molecular flexibility index (Phi) is 7.01. The molecule has 0 saturated carbocycles. The predicted octanol–water partition coefficient (Wildman–Crippen LogP) is 6.17. The molecule has 8 heteroatoms. The van der Waals surface area contributed by atoms with E-state index in [4.69, 9.17) is 21.1 Å². The van der Waals surface area contributed by atoms with Crippen LogP contribution < -0.4 is 14.4 Å². The van der Waals surface area contributed by atoms with Gasteiger partial charge in [-0.3, -0.25) is 9.69 Å². The topological polar surface area (TPSA) is 51.1 Å². The number of benzene rings is 3. The Bertz CT molecular complexity index is 1220. The third-order valence-corrected chi connectivity index (χ3v) is 6.29. The minimum atomic E-state index is -0.401. The molecule has 0 radical (unpaired) electrons. The number of carbonyl (C=O) groups is 1. The molecule has 0 spiro atoms. The molecule has 0 saturated heterocycles. The van der Waals surface area contributed by atoms with E-state index in [1.807, 2.05) is 24.3 Å². The number of hydrogen-bond acceptors (Lipinski definition) is 5. The van der Waals surface area contributed by atoms with Gasteiger partial charge in [0.05, 0.1) is 19.9 Å². The lowest BCUT2D eigenvalue weighted by atomic mass is 10.2. The van der Waals surface area contributed by atoms with Crippen molar-refractivity contribution in [3.8, 4) is 11.5 Å². The Labute approximate surface area is 200 Å². The Morgan fingerprint density at radius 3 is 2.45 bits per heavy atom. The Morgan fingerprint density at radius 1 is 1.03 bits per heavy atom. The van der Waals surface area contributed by atoms with Crippen LogP contribution in [0.25, 0.3) is 6.08 Å². The van der Waals surface area contributed by atoms with Gasteiger partial charge in [-0.1, -0.05) is 47.6 Å². The number of nitrogens with zero attached hydrogens (tertiary/aromatic N) is 2. The molecular weight excluding hydrogens is 463 g/mol. The van der Waals surface area contributed by atoms with Crippen LogP contribution in [0.4, 0.5) is 10.1 Å². The summed E-state index contributed by atoms with van der Waals surface area (Å²) in [6.45, 7) is 0. The number of ether oxygens (including phenoxy) is 2. The number of anilines is 1. The third kappa shape index (κ3) is 5.05. The van der Waals surface area contributed by atoms with Crippen LogP contribution in [-0.2, 0) is 10.5 Å². The van der Waals surface area contributed by atoms with Gasteiger partial charge in [0.25, 0.3) is 5.91 Å². The molecule has 0 bridgehead atoms. The first-order chi connectivity index (χ1) is 16.0. The molecule has 1 amide bonds. The monoisotopic (exact) mass is 482 g/mol. The van der Waals surface area contributed by atoms with Crippen LogP contribution in [0.15, 0.2) is 77.4 Å². The van der Waals surface area contributed by atoms with Gasteiger partial charge in [0.2, 0.25) is 0 Å². The van der Waals surface area contributed by atoms with E-state index in [0.29, 0.717) is 27.2 Å². The lowest BCUT2D eigenvalue weighted by Gasteiger charge is -2.18. The van der Waals surface area contributed by atoms with Crippen molar-refractivity contribution in [1.82, 2.24) is 0 Å². The zero-order valence-corrected chi connectivity index (χ0v) is 19.5. The number of hydrogen-bond donors (Lipinski definition) is 0. The maximum Gasteiger partial charge on any atom is 0.283 e. The van der Waals surface area contributed by atoms with Crippen LogP contribution in [-0.4, -0.2) is 25.3 Å². The van der Waals surface area contributed by atoms with Gasteiger partial charge < -0.3 is 9.47 Å². The van der Waals surface area contributed by atoms with E-state index < -0.39 is 5.82 Å². The molecule has 0 fully saturated rings. The second-order valence-electron chi connectivity index (χ2n) is 7.03. The van der Waals surface area contributed by atoms with Crippen molar-refractivity contribution in [2.24, 2.45) is 4.99 Å². The fraction of sp³-hybridized carbons (Fsp3) is 0.120. The summed E-state index contributed by atoms with van der Waals surface area (Å²) < 4.78 is 24.8. The first kappa shape index (κ1) is 22.9. The summed E-state index contributed by atoms with van der Waals surface area (Å²) in [7, 11) is 3.15. The fourth-order valence-corrected chi connectivity index (χ4v) is 4.59. The quantitative estimate of drug-likeness (QED) is 0.394. The van der Waals surface area contributed by atoms with Gasteiger partial charge in [-0.05, 0) is 48.0 Å². The van der Waals surface area contributed by atoms with Crippen LogP contribution >= 0.6 is 23.4 Å². The van der Waals surface area contributed by atoms with Crippen LogP contribution in [0.3, 0.4) is 0 Å². The molecule has 0 aliphatic carbocycles. The number of thioether (sulfide) groups is 1. The van der Waals surface area contributed by atoms with E-state index in [1.54, 1.807) is 56.7 Å². The summed E-state index contributed by atoms with van der Waals surface area (Å²) >= 11 is 7.42. The maximum absolute atomic E-state index is 14.3. The summed E-state index contributed by atoms with van der Waals surface area (Å²) in [5.41, 5.74) is 2.03. The minimum Gasteiger partial charge on any atom is -0.497 e. The van der Waals surface area contributed by atoms with Gasteiger partial charge in [0.15, 0.2) is 5.17 Å². The van der Waals surface area contributed by atoms with Gasteiger partial charge in [0, 0.05) is 22.4 Å². The van der Waals surface area contributed by atoms with E-state index in [2.05, 4.69) is 4.99 Å². The number of carbonyl (C=O) groups excluding carboxylic acids is 1. The highest BCUT2D eigenvalue weighted by molar-refractivity contribution is 8.13. The standard InChI is InChI=1S/C25H20ClFN2O3S/c1-31-18-11-9-16(10-12-18)13-23-24(30)29(17-5-3-6-19(14-17)32-2)25(28-23)33-15-20-21(26)7-4-8-22(20)27/h3-14H,15H2,1-2H3. The predicted molar refractivity (Wildman–Crippen MR) is 132 cm³/mol. The highest BCUT2D eigenvalue weighted by Gasteiger charge is 2.32. The molecule has 3 aromatic rings. The first-order valence-electron chi connectivity index (χ1n) is 9.99. The van der Waals surface area contributed by atoms with Crippen molar-refractivity contribution in [2.75, 3.05) is 19.1 Å². The highest BCUT2D eigenvalue weighted by Crippen LogP contribution is 2.34. The molecule has 4 rings (SSSR count). The highest BCUT2D eigenvalue weighted by atomic mass is 35.5. The molecule has 3 aromatic carbocycles. The zero-order chi connectivity index (χ0) is 23.4. The van der Waals surface area contributed by atoms with Crippen molar-refractivity contribution in [1.29, 1.82) is 0 Å². The Hall–Kier alpha value is -3.29. The summed E-state index contributed by atoms with van der Waals surface area (Å²) in [6.07, 6.45) is 1.71. The van der Waals surface area contributed by atoms with Gasteiger partial charge in [-0.15, -0.1) is 0 Å². The van der Waals surface area contributed by atoms with Crippen LogP contribution in [0.5, 0.6) is 11.5 Å². The second kappa shape index (κ2) is 10.1. The summed E-state index contributed by atoms with van der Waals surface area (Å²) in [4.78, 5) is 19.4. The lowest BCUT2D eigenvalue weighted by Crippen LogP contribution is -2.30. The van der Waals surface area contributed by atoms with Gasteiger partial charge in [-0.25, -0.2) is 9.38 Å². The maximum atomic E-state index is 14.3. The molecule has 1 aliphatic heterocycles. The van der Waals surface area contributed by atoms with E-state index in [0.717, 1.165) is 11.3 Å². The minimum absolute atomic E-state index is 0.216. The van der Waals surface area contributed by atoms with E-state index >= 15 is 0 Å². The molecular formula is C25H20ClFN2O3S. The molecule has 0 unspecified atom stereocenters. The van der Waals surface area contributed by atoms with Crippen molar-refractivity contribution in [2.45, 2.75) is 5.75 Å². The smallest absolute Gasteiger partial charge is 0.283 e. The average Bonchev–Trinajstić information content (AvgIpc) is 3.14. The largest absolute Gasteiger partial charge is 0.497 e.